The Kier molecular flexibility index (Phi) is 6.24. The molecular formula is C22H24N4O5. The second kappa shape index (κ2) is 9.23. The molecule has 31 heavy (non-hydrogen) atoms. The fourth-order valence-electron chi connectivity index (χ4n) is 3.82. The van der Waals surface area contributed by atoms with Crippen molar-refractivity contribution >= 4 is 17.3 Å². The van der Waals surface area contributed by atoms with Crippen LogP contribution in [-0.2, 0) is 9.53 Å². The minimum Gasteiger partial charge on any atom is -0.497 e. The number of ether oxygens (including phenoxy) is 2. The Bertz CT molecular complexity index is 986. The highest BCUT2D eigenvalue weighted by Crippen LogP contribution is 2.34. The van der Waals surface area contributed by atoms with Crippen molar-refractivity contribution in [3.63, 3.8) is 0 Å². The van der Waals surface area contributed by atoms with E-state index in [9.17, 15) is 14.9 Å². The van der Waals surface area contributed by atoms with Gasteiger partial charge in [0.1, 0.15) is 5.75 Å². The van der Waals surface area contributed by atoms with Crippen molar-refractivity contribution in [2.75, 3.05) is 40.0 Å². The third kappa shape index (κ3) is 4.73. The van der Waals surface area contributed by atoms with Crippen molar-refractivity contribution in [3.05, 3.63) is 69.8 Å². The summed E-state index contributed by atoms with van der Waals surface area (Å²) >= 11 is 0. The van der Waals surface area contributed by atoms with Crippen molar-refractivity contribution in [2.45, 2.75) is 12.5 Å². The second-order valence-electron chi connectivity index (χ2n) is 7.47. The van der Waals surface area contributed by atoms with E-state index in [1.54, 1.807) is 24.3 Å². The molecule has 9 heteroatoms. The number of carbonyl (C=O) groups excluding carboxylic acids is 1. The molecule has 1 saturated heterocycles. The molecule has 2 aliphatic heterocycles. The molecule has 1 fully saturated rings. The molecule has 1 amide bonds. The van der Waals surface area contributed by atoms with Crippen LogP contribution in [0.3, 0.4) is 0 Å². The van der Waals surface area contributed by atoms with Gasteiger partial charge in [0.25, 0.3) is 11.6 Å². The number of nitro groups is 1. The molecule has 4 rings (SSSR count). The van der Waals surface area contributed by atoms with E-state index in [0.717, 1.165) is 16.8 Å². The van der Waals surface area contributed by atoms with Gasteiger partial charge in [-0.1, -0.05) is 12.1 Å². The number of non-ortho nitro benzene ring substituents is 1. The first-order valence-corrected chi connectivity index (χ1v) is 10.1. The lowest BCUT2D eigenvalue weighted by molar-refractivity contribution is -0.384. The van der Waals surface area contributed by atoms with Crippen LogP contribution < -0.4 is 4.74 Å². The van der Waals surface area contributed by atoms with Gasteiger partial charge in [0.05, 0.1) is 43.5 Å². The van der Waals surface area contributed by atoms with Crippen molar-refractivity contribution in [1.29, 1.82) is 0 Å². The first-order valence-electron chi connectivity index (χ1n) is 10.1. The van der Waals surface area contributed by atoms with Crippen LogP contribution in [0.1, 0.15) is 23.6 Å². The number of rotatable bonds is 6. The van der Waals surface area contributed by atoms with Crippen LogP contribution in [0.2, 0.25) is 0 Å². The minimum atomic E-state index is -0.433. The molecule has 0 aliphatic carbocycles. The van der Waals surface area contributed by atoms with E-state index in [2.05, 4.69) is 10.0 Å². The molecule has 0 unspecified atom stereocenters. The normalized spacial score (nSPS) is 19.2. The van der Waals surface area contributed by atoms with Crippen LogP contribution in [0, 0.1) is 10.1 Å². The summed E-state index contributed by atoms with van der Waals surface area (Å²) in [7, 11) is 1.61. The number of nitrogens with zero attached hydrogens (tertiary/aromatic N) is 4. The Morgan fingerprint density at radius 1 is 1.23 bits per heavy atom. The maximum Gasteiger partial charge on any atom is 0.269 e. The molecule has 0 spiro atoms. The van der Waals surface area contributed by atoms with Gasteiger partial charge in [-0.3, -0.25) is 19.8 Å². The number of carbonyl (C=O) groups is 1. The molecule has 2 aromatic rings. The van der Waals surface area contributed by atoms with Gasteiger partial charge in [0.15, 0.2) is 0 Å². The van der Waals surface area contributed by atoms with E-state index >= 15 is 0 Å². The third-order valence-electron chi connectivity index (χ3n) is 5.52. The number of hydrogen-bond acceptors (Lipinski definition) is 7. The maximum atomic E-state index is 13.2. The van der Waals surface area contributed by atoms with Crippen LogP contribution in [0.25, 0.3) is 0 Å². The van der Waals surface area contributed by atoms with Gasteiger partial charge in [-0.05, 0) is 35.4 Å². The molecule has 0 N–H and O–H groups in total. The van der Waals surface area contributed by atoms with Gasteiger partial charge < -0.3 is 9.47 Å². The molecule has 0 bridgehead atoms. The number of amides is 1. The number of benzene rings is 2. The largest absolute Gasteiger partial charge is 0.497 e. The summed E-state index contributed by atoms with van der Waals surface area (Å²) in [5.74, 6) is 0.619. The van der Waals surface area contributed by atoms with Gasteiger partial charge in [0, 0.05) is 31.6 Å². The zero-order valence-corrected chi connectivity index (χ0v) is 17.3. The highest BCUT2D eigenvalue weighted by atomic mass is 16.6. The average Bonchev–Trinajstić information content (AvgIpc) is 3.25. The number of hydrogen-bond donors (Lipinski definition) is 0. The number of morpholine rings is 1. The van der Waals surface area contributed by atoms with Gasteiger partial charge in [-0.2, -0.15) is 5.10 Å². The Labute approximate surface area is 180 Å². The van der Waals surface area contributed by atoms with E-state index < -0.39 is 4.92 Å². The predicted molar refractivity (Wildman–Crippen MR) is 114 cm³/mol. The SMILES string of the molecule is COc1cccc([C@@H]2CC(c3ccc([N+](=O)[O-])cc3)=NN2C(=O)CN2CCOCC2)c1. The van der Waals surface area contributed by atoms with Crippen LogP contribution in [-0.4, -0.2) is 66.4 Å². The molecule has 0 aromatic heterocycles. The zero-order valence-electron chi connectivity index (χ0n) is 17.3. The van der Waals surface area contributed by atoms with Crippen molar-refractivity contribution in [3.8, 4) is 5.75 Å². The molecule has 162 valence electrons. The van der Waals surface area contributed by atoms with E-state index in [0.29, 0.717) is 38.5 Å². The van der Waals surface area contributed by atoms with E-state index in [4.69, 9.17) is 9.47 Å². The summed E-state index contributed by atoms with van der Waals surface area (Å²) in [6.45, 7) is 2.92. The molecule has 2 aliphatic rings. The van der Waals surface area contributed by atoms with Gasteiger partial charge in [-0.25, -0.2) is 5.01 Å². The van der Waals surface area contributed by atoms with Gasteiger partial charge in [-0.15, -0.1) is 0 Å². The van der Waals surface area contributed by atoms with Gasteiger partial charge in [0.2, 0.25) is 0 Å². The van der Waals surface area contributed by atoms with Gasteiger partial charge >= 0.3 is 0 Å². The highest BCUT2D eigenvalue weighted by Gasteiger charge is 2.34. The Hall–Kier alpha value is -3.30. The molecule has 2 aromatic carbocycles. The smallest absolute Gasteiger partial charge is 0.269 e. The van der Waals surface area contributed by atoms with Crippen LogP contribution >= 0.6 is 0 Å². The molecule has 2 heterocycles. The molecule has 0 saturated carbocycles. The summed E-state index contributed by atoms with van der Waals surface area (Å²) in [4.78, 5) is 25.8. The monoisotopic (exact) mass is 424 g/mol. The Balaban J connectivity index is 1.61. The van der Waals surface area contributed by atoms with Crippen LogP contribution in [0.4, 0.5) is 5.69 Å². The first-order chi connectivity index (χ1) is 15.0. The topological polar surface area (TPSA) is 97.5 Å². The fraction of sp³-hybridized carbons (Fsp3) is 0.364. The summed E-state index contributed by atoms with van der Waals surface area (Å²) in [6, 6.07) is 13.6. The minimum absolute atomic E-state index is 0.0203. The predicted octanol–water partition coefficient (Wildman–Crippen LogP) is 2.61. The van der Waals surface area contributed by atoms with Crippen molar-refractivity contribution in [1.82, 2.24) is 9.91 Å². The zero-order chi connectivity index (χ0) is 21.8. The standard InChI is InChI=1S/C22H24N4O5/c1-30-19-4-2-3-17(13-19)21-14-20(16-5-7-18(8-6-16)26(28)29)23-25(21)22(27)15-24-9-11-31-12-10-24/h2-8,13,21H,9-12,14-15H2,1H3/t21-/m0/s1. The second-order valence-corrected chi connectivity index (χ2v) is 7.47. The quantitative estimate of drug-likeness (QED) is 0.522. The van der Waals surface area contributed by atoms with E-state index in [1.807, 2.05) is 24.3 Å². The molecule has 1 atom stereocenters. The van der Waals surface area contributed by atoms with Crippen LogP contribution in [0.5, 0.6) is 5.75 Å². The molecular weight excluding hydrogens is 400 g/mol. The fourth-order valence-corrected chi connectivity index (χ4v) is 3.82. The third-order valence-corrected chi connectivity index (χ3v) is 5.52. The lowest BCUT2D eigenvalue weighted by Gasteiger charge is -2.29. The van der Waals surface area contributed by atoms with Crippen molar-refractivity contribution in [2.24, 2.45) is 5.10 Å². The van der Waals surface area contributed by atoms with Crippen LogP contribution in [0.15, 0.2) is 53.6 Å². The van der Waals surface area contributed by atoms with E-state index in [-0.39, 0.29) is 24.2 Å². The number of hydrazone groups is 1. The summed E-state index contributed by atoms with van der Waals surface area (Å²) in [5, 5.41) is 17.1. The van der Waals surface area contributed by atoms with Crippen molar-refractivity contribution < 1.29 is 19.2 Å². The number of methoxy groups -OCH3 is 1. The summed E-state index contributed by atoms with van der Waals surface area (Å²) in [5.41, 5.74) is 2.43. The summed E-state index contributed by atoms with van der Waals surface area (Å²) < 4.78 is 10.7. The lowest BCUT2D eigenvalue weighted by Crippen LogP contribution is -2.43. The highest BCUT2D eigenvalue weighted by molar-refractivity contribution is 6.03. The molecule has 0 radical (unpaired) electrons. The molecule has 9 nitrogen and oxygen atoms in total. The maximum absolute atomic E-state index is 13.2. The lowest BCUT2D eigenvalue weighted by atomic mass is 9.98. The average molecular weight is 424 g/mol. The Morgan fingerprint density at radius 3 is 2.65 bits per heavy atom. The summed E-state index contributed by atoms with van der Waals surface area (Å²) in [6.07, 6.45) is 0.514. The van der Waals surface area contributed by atoms with E-state index in [1.165, 1.54) is 12.1 Å². The Morgan fingerprint density at radius 2 is 1.97 bits per heavy atom. The first kappa shape index (κ1) is 21.0. The number of nitro benzene ring substituents is 1.